The van der Waals surface area contributed by atoms with Crippen molar-refractivity contribution in [2.45, 2.75) is 64.5 Å². The van der Waals surface area contributed by atoms with Crippen molar-refractivity contribution in [1.29, 1.82) is 5.26 Å². The molecule has 1 aromatic rings. The highest BCUT2D eigenvalue weighted by Gasteiger charge is 2.64. The molecule has 0 unspecified atom stereocenters. The second kappa shape index (κ2) is 11.6. The third kappa shape index (κ3) is 5.13. The van der Waals surface area contributed by atoms with Crippen molar-refractivity contribution in [2.75, 3.05) is 13.2 Å². The summed E-state index contributed by atoms with van der Waals surface area (Å²) in [6, 6.07) is 8.29. The Hall–Kier alpha value is -2.72. The van der Waals surface area contributed by atoms with E-state index in [9.17, 15) is 14.4 Å². The second-order valence-electron chi connectivity index (χ2n) is 7.77. The van der Waals surface area contributed by atoms with Crippen molar-refractivity contribution in [3.8, 4) is 6.07 Å². The van der Waals surface area contributed by atoms with E-state index in [1.807, 2.05) is 0 Å². The van der Waals surface area contributed by atoms with Gasteiger partial charge in [-0.2, -0.15) is 5.26 Å². The number of ether oxygens (including phenoxy) is 2. The number of carbonyl (C=O) groups is 3. The summed E-state index contributed by atoms with van der Waals surface area (Å²) in [7, 11) is 0. The molecule has 1 aromatic carbocycles. The Kier molecular flexibility index (Phi) is 9.20. The van der Waals surface area contributed by atoms with E-state index >= 15 is 0 Å². The van der Waals surface area contributed by atoms with E-state index in [4.69, 9.17) is 14.7 Å². The summed E-state index contributed by atoms with van der Waals surface area (Å²) in [4.78, 5) is 38.6. The number of nitriles is 1. The topological polar surface area (TPSA) is 105 Å². The summed E-state index contributed by atoms with van der Waals surface area (Å²) < 4.78 is 10.6. The lowest BCUT2D eigenvalue weighted by Gasteiger charge is -2.31. The lowest BCUT2D eigenvalue weighted by atomic mass is 9.75. The van der Waals surface area contributed by atoms with Crippen LogP contribution in [0, 0.1) is 23.2 Å². The molecule has 0 bridgehead atoms. The molecule has 1 N–H and O–H groups in total. The highest BCUT2D eigenvalue weighted by molar-refractivity contribution is 6.06. The first kappa shape index (κ1) is 24.5. The van der Waals surface area contributed by atoms with Gasteiger partial charge in [0, 0.05) is 17.9 Å². The van der Waals surface area contributed by atoms with E-state index in [2.05, 4.69) is 18.3 Å². The Morgan fingerprint density at radius 2 is 1.68 bits per heavy atom. The molecule has 0 aromatic heterocycles. The van der Waals surface area contributed by atoms with Crippen molar-refractivity contribution < 1.29 is 23.9 Å². The fourth-order valence-corrected chi connectivity index (χ4v) is 4.41. The predicted molar refractivity (Wildman–Crippen MR) is 115 cm³/mol. The number of nitrogens with zero attached hydrogens (tertiary/aromatic N) is 1. The van der Waals surface area contributed by atoms with Gasteiger partial charge in [0.05, 0.1) is 24.8 Å². The molecule has 1 aliphatic heterocycles. The van der Waals surface area contributed by atoms with Gasteiger partial charge in [0.15, 0.2) is 0 Å². The SMILES string of the molecule is CCCCCC[C@@H]1[C@@H](C=O)[C@@H](c2ccc(C#N)cc2)NC1(C(=O)OCC)C(=O)OCC. The Morgan fingerprint density at radius 1 is 1.06 bits per heavy atom. The molecule has 0 radical (unpaired) electrons. The highest BCUT2D eigenvalue weighted by atomic mass is 16.6. The fraction of sp³-hybridized carbons (Fsp3) is 0.583. The van der Waals surface area contributed by atoms with E-state index in [0.29, 0.717) is 12.0 Å². The normalized spacial score (nSPS) is 21.8. The molecule has 0 saturated carbocycles. The van der Waals surface area contributed by atoms with Crippen molar-refractivity contribution in [3.63, 3.8) is 0 Å². The second-order valence-corrected chi connectivity index (χ2v) is 7.77. The van der Waals surface area contributed by atoms with Crippen LogP contribution in [0.3, 0.4) is 0 Å². The number of benzene rings is 1. The van der Waals surface area contributed by atoms with Crippen molar-refractivity contribution >= 4 is 18.2 Å². The maximum Gasteiger partial charge on any atom is 0.338 e. The average Bonchev–Trinajstić information content (AvgIpc) is 3.12. The summed E-state index contributed by atoms with van der Waals surface area (Å²) in [5, 5.41) is 12.2. The number of rotatable bonds is 11. The van der Waals surface area contributed by atoms with E-state index < -0.39 is 35.4 Å². The van der Waals surface area contributed by atoms with Gasteiger partial charge in [-0.1, -0.05) is 44.7 Å². The van der Waals surface area contributed by atoms with Crippen LogP contribution in [0.4, 0.5) is 0 Å². The summed E-state index contributed by atoms with van der Waals surface area (Å²) in [6.45, 7) is 5.68. The Labute approximate surface area is 184 Å². The quantitative estimate of drug-likeness (QED) is 0.249. The number of hydrogen-bond donors (Lipinski definition) is 1. The van der Waals surface area contributed by atoms with Gasteiger partial charge in [-0.25, -0.2) is 9.59 Å². The van der Waals surface area contributed by atoms with Crippen molar-refractivity contribution in [1.82, 2.24) is 5.32 Å². The lowest BCUT2D eigenvalue weighted by Crippen LogP contribution is -2.60. The van der Waals surface area contributed by atoms with Crippen LogP contribution < -0.4 is 5.32 Å². The zero-order chi connectivity index (χ0) is 22.9. The molecule has 0 aliphatic carbocycles. The summed E-state index contributed by atoms with van der Waals surface area (Å²) in [6.07, 6.45) is 5.15. The van der Waals surface area contributed by atoms with Crippen LogP contribution in [0.2, 0.25) is 0 Å². The number of nitrogens with one attached hydrogen (secondary N) is 1. The van der Waals surface area contributed by atoms with Gasteiger partial charge in [0.2, 0.25) is 5.54 Å². The van der Waals surface area contributed by atoms with Crippen molar-refractivity contribution in [2.24, 2.45) is 11.8 Å². The third-order valence-electron chi connectivity index (χ3n) is 5.91. The first-order valence-corrected chi connectivity index (χ1v) is 11.1. The lowest BCUT2D eigenvalue weighted by molar-refractivity contribution is -0.168. The largest absolute Gasteiger partial charge is 0.464 e. The number of carbonyl (C=O) groups excluding carboxylic acids is 3. The summed E-state index contributed by atoms with van der Waals surface area (Å²) in [5.41, 5.74) is -0.532. The van der Waals surface area contributed by atoms with Crippen molar-refractivity contribution in [3.05, 3.63) is 35.4 Å². The van der Waals surface area contributed by atoms with Gasteiger partial charge in [0.1, 0.15) is 6.29 Å². The van der Waals surface area contributed by atoms with Crippen LogP contribution in [0.15, 0.2) is 24.3 Å². The van der Waals surface area contributed by atoms with Crippen LogP contribution in [0.25, 0.3) is 0 Å². The molecule has 0 amide bonds. The number of esters is 2. The summed E-state index contributed by atoms with van der Waals surface area (Å²) >= 11 is 0. The van der Waals surface area contributed by atoms with Crippen LogP contribution in [0.1, 0.15) is 70.0 Å². The minimum atomic E-state index is -1.75. The minimum absolute atomic E-state index is 0.109. The number of aldehydes is 1. The predicted octanol–water partition coefficient (Wildman–Crippen LogP) is 3.47. The molecule has 1 heterocycles. The molecule has 7 heteroatoms. The van der Waals surface area contributed by atoms with Crippen LogP contribution >= 0.6 is 0 Å². The molecule has 0 spiro atoms. The zero-order valence-electron chi connectivity index (χ0n) is 18.6. The molecular weight excluding hydrogens is 396 g/mol. The van der Waals surface area contributed by atoms with Gasteiger partial charge < -0.3 is 14.3 Å². The molecule has 31 heavy (non-hydrogen) atoms. The van der Waals surface area contributed by atoms with Gasteiger partial charge in [0.25, 0.3) is 0 Å². The number of unbranched alkanes of at least 4 members (excludes halogenated alkanes) is 3. The molecule has 3 atom stereocenters. The van der Waals surface area contributed by atoms with Gasteiger partial charge >= 0.3 is 11.9 Å². The van der Waals surface area contributed by atoms with E-state index in [1.165, 1.54) is 0 Å². The number of hydrogen-bond acceptors (Lipinski definition) is 7. The summed E-state index contributed by atoms with van der Waals surface area (Å²) in [5.74, 6) is -2.64. The molecule has 2 rings (SSSR count). The molecule has 7 nitrogen and oxygen atoms in total. The van der Waals surface area contributed by atoms with Crippen LogP contribution in [-0.2, 0) is 23.9 Å². The Morgan fingerprint density at radius 3 is 2.16 bits per heavy atom. The standard InChI is InChI=1S/C24H32N2O5/c1-4-7-8-9-10-20-19(16-27)21(18-13-11-17(15-25)12-14-18)26-24(20,22(28)30-5-2)23(29)31-6-3/h11-14,16,19-21,26H,4-10H2,1-3H3/t19-,20-,21-/m1/s1. The van der Waals surface area contributed by atoms with E-state index in [0.717, 1.165) is 37.5 Å². The fourth-order valence-electron chi connectivity index (χ4n) is 4.41. The van der Waals surface area contributed by atoms with E-state index in [-0.39, 0.29) is 13.2 Å². The Balaban J connectivity index is 2.52. The van der Waals surface area contributed by atoms with Gasteiger partial charge in [-0.3, -0.25) is 5.32 Å². The smallest absolute Gasteiger partial charge is 0.338 e. The molecule has 1 aliphatic rings. The monoisotopic (exact) mass is 428 g/mol. The first-order chi connectivity index (χ1) is 15.0. The van der Waals surface area contributed by atoms with Gasteiger partial charge in [-0.15, -0.1) is 0 Å². The highest BCUT2D eigenvalue weighted by Crippen LogP contribution is 2.46. The minimum Gasteiger partial charge on any atom is -0.464 e. The van der Waals surface area contributed by atoms with Crippen LogP contribution in [-0.4, -0.2) is 37.0 Å². The Bertz CT molecular complexity index is 781. The molecular formula is C24H32N2O5. The molecule has 168 valence electrons. The molecule has 1 saturated heterocycles. The maximum atomic E-state index is 13.2. The first-order valence-electron chi connectivity index (χ1n) is 11.1. The third-order valence-corrected chi connectivity index (χ3v) is 5.91. The molecule has 1 fully saturated rings. The maximum absolute atomic E-state index is 13.2. The van der Waals surface area contributed by atoms with Gasteiger partial charge in [-0.05, 0) is 38.0 Å². The zero-order valence-corrected chi connectivity index (χ0v) is 18.6. The van der Waals surface area contributed by atoms with Crippen LogP contribution in [0.5, 0.6) is 0 Å². The van der Waals surface area contributed by atoms with E-state index in [1.54, 1.807) is 38.1 Å². The average molecular weight is 429 g/mol.